The van der Waals surface area contributed by atoms with E-state index in [9.17, 15) is 9.18 Å². The fraction of sp³-hybridized carbons (Fsp3) is 0.273. The maximum atomic E-state index is 13.2. The molecule has 2 amide bonds. The van der Waals surface area contributed by atoms with Crippen molar-refractivity contribution in [2.45, 2.75) is 13.1 Å². The second-order valence-corrected chi connectivity index (χ2v) is 3.78. The van der Waals surface area contributed by atoms with Gasteiger partial charge in [0.1, 0.15) is 11.9 Å². The van der Waals surface area contributed by atoms with E-state index in [0.717, 1.165) is 0 Å². The monoisotopic (exact) mass is 234 g/mol. The van der Waals surface area contributed by atoms with E-state index in [1.165, 1.54) is 23.2 Å². The van der Waals surface area contributed by atoms with E-state index in [2.05, 4.69) is 5.32 Å². The van der Waals surface area contributed by atoms with Crippen LogP contribution in [0.3, 0.4) is 0 Å². The lowest BCUT2D eigenvalue weighted by molar-refractivity contribution is 0.247. The first kappa shape index (κ1) is 11.4. The number of amides is 2. The van der Waals surface area contributed by atoms with Crippen LogP contribution in [0.5, 0.6) is 0 Å². The first-order valence-electron chi connectivity index (χ1n) is 5.07. The largest absolute Gasteiger partial charge is 0.338 e. The van der Waals surface area contributed by atoms with Crippen molar-refractivity contribution in [1.29, 1.82) is 5.26 Å². The number of nitriles is 1. The molecule has 6 heteroatoms. The maximum absolute atomic E-state index is 13.2. The van der Waals surface area contributed by atoms with Gasteiger partial charge in [-0.15, -0.1) is 0 Å². The first-order valence-corrected chi connectivity index (χ1v) is 5.07. The van der Waals surface area contributed by atoms with Gasteiger partial charge in [-0.2, -0.15) is 10.3 Å². The average molecular weight is 234 g/mol. The third kappa shape index (κ3) is 1.81. The Kier molecular flexibility index (Phi) is 2.69. The van der Waals surface area contributed by atoms with Crippen LogP contribution in [0.4, 0.5) is 14.9 Å². The summed E-state index contributed by atoms with van der Waals surface area (Å²) in [7, 11) is 1.69. The number of benzene rings is 1. The number of anilines is 1. The summed E-state index contributed by atoms with van der Waals surface area (Å²) in [6.07, 6.45) is -0.197. The molecule has 1 N–H and O–H groups in total. The van der Waals surface area contributed by atoms with Crippen LogP contribution >= 0.6 is 0 Å². The number of urea groups is 1. The van der Waals surface area contributed by atoms with Crippen molar-refractivity contribution in [3.8, 4) is 6.07 Å². The molecule has 1 aromatic rings. The van der Waals surface area contributed by atoms with Crippen LogP contribution in [0.25, 0.3) is 0 Å². The molecule has 1 saturated heterocycles. The van der Waals surface area contributed by atoms with Gasteiger partial charge in [0.15, 0.2) is 0 Å². The molecule has 1 atom stereocenters. The molecule has 1 unspecified atom stereocenters. The molecule has 5 nitrogen and oxygen atoms in total. The average Bonchev–Trinajstić information content (AvgIpc) is 2.53. The Morgan fingerprint density at radius 1 is 1.53 bits per heavy atom. The topological polar surface area (TPSA) is 59.4 Å². The van der Waals surface area contributed by atoms with Crippen LogP contribution in [-0.4, -0.2) is 24.3 Å². The summed E-state index contributed by atoms with van der Waals surface area (Å²) in [5, 5.41) is 14.5. The number of hydrazine groups is 1. The first-order chi connectivity index (χ1) is 8.04. The molecule has 0 saturated carbocycles. The van der Waals surface area contributed by atoms with Gasteiger partial charge in [0, 0.05) is 13.1 Å². The minimum absolute atomic E-state index is 0.197. The quantitative estimate of drug-likeness (QED) is 0.799. The summed E-state index contributed by atoms with van der Waals surface area (Å²) in [5.41, 5.74) is 0.499. The summed E-state index contributed by atoms with van der Waals surface area (Å²) in [6, 6.07) is 5.29. The van der Waals surface area contributed by atoms with Crippen LogP contribution in [-0.2, 0) is 0 Å². The zero-order valence-corrected chi connectivity index (χ0v) is 9.44. The highest BCUT2D eigenvalue weighted by Gasteiger charge is 2.34. The highest BCUT2D eigenvalue weighted by atomic mass is 19.1. The number of rotatable bonds is 1. The Labute approximate surface area is 98.0 Å². The molecule has 1 fully saturated rings. The van der Waals surface area contributed by atoms with Gasteiger partial charge >= 0.3 is 6.03 Å². The molecular weight excluding hydrogens is 223 g/mol. The second-order valence-electron chi connectivity index (χ2n) is 3.78. The normalized spacial score (nSPS) is 20.2. The SMILES string of the molecule is CC1NC(=O)N(c2cc(F)ccc2C#N)N1C. The Morgan fingerprint density at radius 2 is 2.24 bits per heavy atom. The Morgan fingerprint density at radius 3 is 2.76 bits per heavy atom. The second kappa shape index (κ2) is 4.03. The van der Waals surface area contributed by atoms with E-state index in [0.29, 0.717) is 0 Å². The Bertz CT molecular complexity index is 511. The zero-order chi connectivity index (χ0) is 12.6. The predicted molar refractivity (Wildman–Crippen MR) is 59.4 cm³/mol. The van der Waals surface area contributed by atoms with Crippen molar-refractivity contribution < 1.29 is 9.18 Å². The Balaban J connectivity index is 2.50. The number of halogens is 1. The minimum atomic E-state index is -0.486. The lowest BCUT2D eigenvalue weighted by atomic mass is 10.2. The number of hydrogen-bond acceptors (Lipinski definition) is 3. The highest BCUT2D eigenvalue weighted by Crippen LogP contribution is 2.25. The fourth-order valence-electron chi connectivity index (χ4n) is 1.70. The molecule has 88 valence electrons. The van der Waals surface area contributed by atoms with Crippen molar-refractivity contribution in [2.75, 3.05) is 12.1 Å². The smallest absolute Gasteiger partial charge is 0.320 e. The zero-order valence-electron chi connectivity index (χ0n) is 9.44. The molecule has 2 rings (SSSR count). The summed E-state index contributed by atoms with van der Waals surface area (Å²) >= 11 is 0. The number of nitrogens with one attached hydrogen (secondary N) is 1. The van der Waals surface area contributed by atoms with E-state index < -0.39 is 5.82 Å². The number of carbonyl (C=O) groups is 1. The summed E-state index contributed by atoms with van der Waals surface area (Å²) < 4.78 is 13.2. The minimum Gasteiger partial charge on any atom is -0.320 e. The molecule has 0 bridgehead atoms. The van der Waals surface area contributed by atoms with Crippen LogP contribution in [0.15, 0.2) is 18.2 Å². The molecule has 1 aliphatic heterocycles. The summed E-state index contributed by atoms with van der Waals surface area (Å²) in [6.45, 7) is 1.79. The van der Waals surface area contributed by atoms with Gasteiger partial charge in [-0.25, -0.2) is 14.2 Å². The van der Waals surface area contributed by atoms with Gasteiger partial charge in [0.2, 0.25) is 0 Å². The number of carbonyl (C=O) groups excluding carboxylic acids is 1. The van der Waals surface area contributed by atoms with Gasteiger partial charge in [-0.1, -0.05) is 0 Å². The van der Waals surface area contributed by atoms with Crippen LogP contribution in [0, 0.1) is 17.1 Å². The number of nitrogens with zero attached hydrogens (tertiary/aromatic N) is 3. The van der Waals surface area contributed by atoms with Crippen molar-refractivity contribution in [3.63, 3.8) is 0 Å². The van der Waals surface area contributed by atoms with Gasteiger partial charge < -0.3 is 5.32 Å². The molecule has 17 heavy (non-hydrogen) atoms. The van der Waals surface area contributed by atoms with Gasteiger partial charge in [0.05, 0.1) is 17.4 Å². The molecule has 1 heterocycles. The van der Waals surface area contributed by atoms with Crippen LogP contribution in [0.2, 0.25) is 0 Å². The number of hydrogen-bond donors (Lipinski definition) is 1. The van der Waals surface area contributed by atoms with E-state index in [-0.39, 0.29) is 23.4 Å². The summed E-state index contributed by atoms with van der Waals surface area (Å²) in [4.78, 5) is 11.7. The predicted octanol–water partition coefficient (Wildman–Crippen LogP) is 1.42. The molecular formula is C11H11FN4O. The van der Waals surface area contributed by atoms with E-state index in [1.54, 1.807) is 19.0 Å². The van der Waals surface area contributed by atoms with E-state index in [4.69, 9.17) is 5.26 Å². The van der Waals surface area contributed by atoms with Gasteiger partial charge in [-0.3, -0.25) is 0 Å². The lowest BCUT2D eigenvalue weighted by Crippen LogP contribution is -2.38. The lowest BCUT2D eigenvalue weighted by Gasteiger charge is -2.25. The molecule has 0 radical (unpaired) electrons. The summed E-state index contributed by atoms with van der Waals surface area (Å²) in [5.74, 6) is -0.486. The van der Waals surface area contributed by atoms with Gasteiger partial charge in [-0.05, 0) is 19.1 Å². The maximum Gasteiger partial charge on any atom is 0.338 e. The van der Waals surface area contributed by atoms with Crippen LogP contribution < -0.4 is 10.3 Å². The van der Waals surface area contributed by atoms with Crippen LogP contribution in [0.1, 0.15) is 12.5 Å². The molecule has 0 spiro atoms. The van der Waals surface area contributed by atoms with Gasteiger partial charge in [0.25, 0.3) is 0 Å². The van der Waals surface area contributed by atoms with Crippen molar-refractivity contribution >= 4 is 11.7 Å². The fourth-order valence-corrected chi connectivity index (χ4v) is 1.70. The molecule has 1 aliphatic rings. The van der Waals surface area contributed by atoms with E-state index >= 15 is 0 Å². The van der Waals surface area contributed by atoms with E-state index in [1.807, 2.05) is 6.07 Å². The Hall–Kier alpha value is -2.13. The standard InChI is InChI=1S/C11H11FN4O/c1-7-14-11(17)16(15(7)2)10-5-9(12)4-3-8(10)6-13/h3-5,7H,1-2H3,(H,14,17). The van der Waals surface area contributed by atoms with Crippen molar-refractivity contribution in [2.24, 2.45) is 0 Å². The van der Waals surface area contributed by atoms with Crippen molar-refractivity contribution in [1.82, 2.24) is 10.3 Å². The molecule has 1 aromatic carbocycles. The third-order valence-electron chi connectivity index (χ3n) is 2.71. The highest BCUT2D eigenvalue weighted by molar-refractivity contribution is 5.94. The molecule has 0 aromatic heterocycles. The third-order valence-corrected chi connectivity index (χ3v) is 2.71. The molecule has 0 aliphatic carbocycles. The van der Waals surface area contributed by atoms with Crippen molar-refractivity contribution in [3.05, 3.63) is 29.6 Å².